The van der Waals surface area contributed by atoms with Gasteiger partial charge < -0.3 is 4.74 Å². The van der Waals surface area contributed by atoms with Gasteiger partial charge in [-0.05, 0) is 74.7 Å². The van der Waals surface area contributed by atoms with Crippen molar-refractivity contribution in [3.05, 3.63) is 54.6 Å². The van der Waals surface area contributed by atoms with Crippen molar-refractivity contribution in [2.24, 2.45) is 23.7 Å². The Morgan fingerprint density at radius 2 is 1.36 bits per heavy atom. The number of methoxy groups -OCH3 is 1. The van der Waals surface area contributed by atoms with Crippen molar-refractivity contribution in [2.75, 3.05) is 7.11 Å². The van der Waals surface area contributed by atoms with Crippen LogP contribution < -0.4 is 4.91 Å². The van der Waals surface area contributed by atoms with Gasteiger partial charge in [-0.1, -0.05) is 49.6 Å². The highest BCUT2D eigenvalue weighted by Gasteiger charge is 2.41. The Kier molecular flexibility index (Phi) is 10.7. The molecule has 4 bridgehead atoms. The summed E-state index contributed by atoms with van der Waals surface area (Å²) < 4.78 is 4.27. The fourth-order valence-electron chi connectivity index (χ4n) is 4.75. The molecule has 4 aliphatic carbocycles. The van der Waals surface area contributed by atoms with E-state index in [1.165, 1.54) is 36.3 Å². The first-order chi connectivity index (χ1) is 13.4. The summed E-state index contributed by atoms with van der Waals surface area (Å²) in [7, 11) is 1.33. The quantitative estimate of drug-likeness (QED) is 0.283. The van der Waals surface area contributed by atoms with Crippen LogP contribution in [0.15, 0.2) is 49.1 Å². The van der Waals surface area contributed by atoms with E-state index in [1.807, 2.05) is 41.3 Å². The Balaban J connectivity index is 0.000000201. The van der Waals surface area contributed by atoms with Crippen LogP contribution in [-0.2, 0) is 9.53 Å². The van der Waals surface area contributed by atoms with Crippen LogP contribution in [0.25, 0.3) is 6.08 Å². The summed E-state index contributed by atoms with van der Waals surface area (Å²) in [5.41, 5.74) is 12.6. The van der Waals surface area contributed by atoms with Crippen molar-refractivity contribution < 1.29 is 9.53 Å². The molecule has 152 valence electrons. The first kappa shape index (κ1) is 23.5. The van der Waals surface area contributed by atoms with E-state index >= 15 is 0 Å². The molecule has 0 aliphatic heterocycles. The molecule has 4 aliphatic rings. The summed E-state index contributed by atoms with van der Waals surface area (Å²) in [6.07, 6.45) is 11.5. The van der Waals surface area contributed by atoms with Crippen molar-refractivity contribution >= 4 is 12.0 Å². The van der Waals surface area contributed by atoms with E-state index in [4.69, 9.17) is 11.1 Å². The maximum atomic E-state index is 10.2. The molecule has 5 heteroatoms. The second kappa shape index (κ2) is 12.8. The van der Waals surface area contributed by atoms with E-state index in [1.54, 1.807) is 45.4 Å². The number of hydrogen-bond donors (Lipinski definition) is 2. The minimum absolute atomic E-state index is 0.347. The number of nitrogens with zero attached hydrogens (tertiary/aromatic N) is 1. The average molecular weight is 385 g/mol. The molecule has 0 unspecified atom stereocenters. The smallest absolute Gasteiger partial charge is 0.332 e. The Bertz CT molecular complexity index is 607. The van der Waals surface area contributed by atoms with Crippen LogP contribution in [-0.4, -0.2) is 13.1 Å². The molecule has 0 atom stereocenters. The standard InChI is InChI=1S/C10H16.C8H8.C5H8O2.H2N3/c1-7-2-9-4-8(1)5-10(3-7)6-9;1-2-8-6-4-3-5-7-8;1-4(2)5(6)7-3;1-3-2/h7-10H,1-6H2;2-7H,1H2;1H2,2-3H3;1-2H/q;;;+1. The molecule has 0 saturated heterocycles. The molecule has 1 aromatic carbocycles. The second-order valence-corrected chi connectivity index (χ2v) is 7.88. The highest BCUT2D eigenvalue weighted by atomic mass is 16.5. The van der Waals surface area contributed by atoms with Crippen LogP contribution in [0.2, 0.25) is 0 Å². The van der Waals surface area contributed by atoms with Crippen LogP contribution in [0.1, 0.15) is 51.0 Å². The minimum atomic E-state index is -0.347. The van der Waals surface area contributed by atoms with E-state index in [2.05, 4.69) is 17.9 Å². The van der Waals surface area contributed by atoms with Gasteiger partial charge in [0.1, 0.15) is 11.1 Å². The van der Waals surface area contributed by atoms with E-state index in [0.29, 0.717) is 5.57 Å². The number of nitrogens with one attached hydrogen (secondary N) is 2. The van der Waals surface area contributed by atoms with E-state index in [9.17, 15) is 4.79 Å². The van der Waals surface area contributed by atoms with Crippen LogP contribution in [0.5, 0.6) is 0 Å². The molecule has 1 aromatic rings. The van der Waals surface area contributed by atoms with Crippen molar-refractivity contribution in [1.82, 2.24) is 4.91 Å². The predicted octanol–water partition coefficient (Wildman–Crippen LogP) is 6.01. The third-order valence-electron chi connectivity index (χ3n) is 5.57. The van der Waals surface area contributed by atoms with E-state index in [-0.39, 0.29) is 5.97 Å². The number of esters is 1. The minimum Gasteiger partial charge on any atom is -0.466 e. The van der Waals surface area contributed by atoms with E-state index in [0.717, 1.165) is 0 Å². The van der Waals surface area contributed by atoms with Crippen molar-refractivity contribution in [3.8, 4) is 0 Å². The van der Waals surface area contributed by atoms with Crippen molar-refractivity contribution in [3.63, 3.8) is 0 Å². The van der Waals surface area contributed by atoms with Crippen LogP contribution in [0.4, 0.5) is 0 Å². The lowest BCUT2D eigenvalue weighted by molar-refractivity contribution is -0.136. The number of carbonyl (C=O) groups excluding carboxylic acids is 1. The topological polar surface area (TPSA) is 88.1 Å². The fourth-order valence-corrected chi connectivity index (χ4v) is 4.75. The first-order valence-corrected chi connectivity index (χ1v) is 9.87. The zero-order chi connectivity index (χ0) is 20.9. The van der Waals surface area contributed by atoms with Crippen LogP contribution >= 0.6 is 0 Å². The van der Waals surface area contributed by atoms with Gasteiger partial charge in [-0.2, -0.15) is 0 Å². The maximum Gasteiger partial charge on any atom is 0.332 e. The summed E-state index contributed by atoms with van der Waals surface area (Å²) in [6, 6.07) is 10.0. The summed E-state index contributed by atoms with van der Waals surface area (Å²) in [4.78, 5) is 12.2. The second-order valence-electron chi connectivity index (χ2n) is 7.88. The van der Waals surface area contributed by atoms with Crippen LogP contribution in [0, 0.1) is 34.7 Å². The van der Waals surface area contributed by atoms with Gasteiger partial charge in [0.2, 0.25) is 4.91 Å². The molecular formula is C23H34N3O2+. The van der Waals surface area contributed by atoms with E-state index < -0.39 is 0 Å². The molecule has 4 fully saturated rings. The maximum absolute atomic E-state index is 10.2. The van der Waals surface area contributed by atoms with Gasteiger partial charge in [-0.25, -0.2) is 4.79 Å². The molecule has 5 rings (SSSR count). The summed E-state index contributed by atoms with van der Waals surface area (Å²) in [5.74, 6) is 4.36. The lowest BCUT2D eigenvalue weighted by atomic mass is 9.56. The SMILES string of the molecule is C1C2CC3CC1CC(C2)C3.C=C(C)C(=O)OC.C=Cc1ccccc1.N=[N+]=N. The summed E-state index contributed by atoms with van der Waals surface area (Å²) in [5, 5.41) is 0. The molecule has 0 radical (unpaired) electrons. The van der Waals surface area contributed by atoms with Gasteiger partial charge in [0.25, 0.3) is 0 Å². The molecule has 0 aromatic heterocycles. The summed E-state index contributed by atoms with van der Waals surface area (Å²) in [6.45, 7) is 8.59. The predicted molar refractivity (Wildman–Crippen MR) is 113 cm³/mol. The average Bonchev–Trinajstić information content (AvgIpc) is 2.68. The van der Waals surface area contributed by atoms with Crippen LogP contribution in [0.3, 0.4) is 0 Å². The lowest BCUT2D eigenvalue weighted by Crippen LogP contribution is -2.38. The lowest BCUT2D eigenvalue weighted by Gasteiger charge is -2.49. The monoisotopic (exact) mass is 384 g/mol. The van der Waals surface area contributed by atoms with Gasteiger partial charge in [0.05, 0.1) is 7.11 Å². The zero-order valence-electron chi connectivity index (χ0n) is 17.2. The van der Waals surface area contributed by atoms with Crippen molar-refractivity contribution in [1.29, 1.82) is 11.1 Å². The Labute approximate surface area is 168 Å². The summed E-state index contributed by atoms with van der Waals surface area (Å²) >= 11 is 0. The molecule has 4 saturated carbocycles. The van der Waals surface area contributed by atoms with Gasteiger partial charge in [0, 0.05) is 5.57 Å². The zero-order valence-corrected chi connectivity index (χ0v) is 17.2. The highest BCUT2D eigenvalue weighted by Crippen LogP contribution is 2.53. The molecule has 2 N–H and O–H groups in total. The van der Waals surface area contributed by atoms with Gasteiger partial charge in [-0.3, -0.25) is 0 Å². The number of rotatable bonds is 2. The third-order valence-corrected chi connectivity index (χ3v) is 5.57. The van der Waals surface area contributed by atoms with Crippen molar-refractivity contribution in [2.45, 2.75) is 45.4 Å². The third kappa shape index (κ3) is 8.45. The number of carbonyl (C=O) groups is 1. The fraction of sp³-hybridized carbons (Fsp3) is 0.522. The Hall–Kier alpha value is -2.52. The molecule has 0 heterocycles. The number of ether oxygens (including phenoxy) is 1. The molecular weight excluding hydrogens is 350 g/mol. The Morgan fingerprint density at radius 3 is 1.54 bits per heavy atom. The van der Waals surface area contributed by atoms with Gasteiger partial charge in [-0.15, -0.1) is 0 Å². The molecule has 0 amide bonds. The highest BCUT2D eigenvalue weighted by molar-refractivity contribution is 5.86. The number of benzene rings is 1. The van der Waals surface area contributed by atoms with Gasteiger partial charge >= 0.3 is 5.97 Å². The number of hydrogen-bond acceptors (Lipinski definition) is 4. The largest absolute Gasteiger partial charge is 0.466 e. The normalized spacial score (nSPS) is 25.2. The Morgan fingerprint density at radius 1 is 1.00 bits per heavy atom. The van der Waals surface area contributed by atoms with Gasteiger partial charge in [0.15, 0.2) is 0 Å². The molecule has 0 spiro atoms. The first-order valence-electron chi connectivity index (χ1n) is 9.87. The molecule has 5 nitrogen and oxygen atoms in total. The molecule has 28 heavy (non-hydrogen) atoms.